The zero-order valence-electron chi connectivity index (χ0n) is 9.88. The van der Waals surface area contributed by atoms with Gasteiger partial charge < -0.3 is 9.84 Å². The highest BCUT2D eigenvalue weighted by molar-refractivity contribution is 6.00. The molecular weight excluding hydrogens is 228 g/mol. The van der Waals surface area contributed by atoms with Crippen LogP contribution in [0, 0.1) is 11.8 Å². The number of ether oxygens (including phenoxy) is 1. The zero-order valence-corrected chi connectivity index (χ0v) is 9.88. The normalized spacial score (nSPS) is 16.0. The summed E-state index contributed by atoms with van der Waals surface area (Å²) in [5, 5.41) is 10.0. The van der Waals surface area contributed by atoms with Crippen molar-refractivity contribution in [3.63, 3.8) is 0 Å². The van der Waals surface area contributed by atoms with Crippen LogP contribution >= 0.6 is 0 Å². The van der Waals surface area contributed by atoms with Crippen molar-refractivity contribution in [2.24, 2.45) is 0 Å². The van der Waals surface area contributed by atoms with Gasteiger partial charge in [0.2, 0.25) is 0 Å². The molecule has 0 heterocycles. The van der Waals surface area contributed by atoms with E-state index in [0.717, 1.165) is 11.3 Å². The van der Waals surface area contributed by atoms with Crippen molar-refractivity contribution in [2.75, 3.05) is 7.11 Å². The molecule has 2 rings (SSSR count). The molecule has 0 aliphatic heterocycles. The first-order chi connectivity index (χ1) is 8.61. The summed E-state index contributed by atoms with van der Waals surface area (Å²) >= 11 is 0. The third kappa shape index (κ3) is 2.88. The van der Waals surface area contributed by atoms with E-state index in [1.807, 2.05) is 0 Å². The van der Waals surface area contributed by atoms with E-state index in [1.54, 1.807) is 31.4 Å². The summed E-state index contributed by atoms with van der Waals surface area (Å²) in [6, 6.07) is 7.20. The molecule has 0 saturated heterocycles. The molecule has 0 saturated carbocycles. The van der Waals surface area contributed by atoms with Gasteiger partial charge in [0, 0.05) is 5.56 Å². The first-order valence-corrected chi connectivity index (χ1v) is 5.43. The van der Waals surface area contributed by atoms with E-state index in [9.17, 15) is 9.90 Å². The number of carbonyl (C=O) groups is 1. The average molecular weight is 240 g/mol. The summed E-state index contributed by atoms with van der Waals surface area (Å²) in [6.45, 7) is 0. The lowest BCUT2D eigenvalue weighted by atomic mass is 9.98. The highest BCUT2D eigenvalue weighted by Crippen LogP contribution is 2.14. The lowest BCUT2D eigenvalue weighted by Crippen LogP contribution is -2.23. The number of hydrogen-bond acceptors (Lipinski definition) is 3. The molecule has 0 spiro atoms. The van der Waals surface area contributed by atoms with Crippen LogP contribution in [0.25, 0.3) is 0 Å². The third-order valence-electron chi connectivity index (χ3n) is 2.50. The Hall–Kier alpha value is -2.31. The van der Waals surface area contributed by atoms with Crippen molar-refractivity contribution in [2.45, 2.75) is 5.60 Å². The van der Waals surface area contributed by atoms with Crippen molar-refractivity contribution in [3.05, 3.63) is 54.1 Å². The van der Waals surface area contributed by atoms with Crippen molar-refractivity contribution in [3.8, 4) is 17.6 Å². The lowest BCUT2D eigenvalue weighted by Gasteiger charge is -2.14. The van der Waals surface area contributed by atoms with Crippen molar-refractivity contribution in [1.29, 1.82) is 0 Å². The first-order valence-electron chi connectivity index (χ1n) is 5.43. The van der Waals surface area contributed by atoms with E-state index in [-0.39, 0.29) is 5.78 Å². The number of ketones is 1. The Morgan fingerprint density at radius 3 is 2.33 bits per heavy atom. The van der Waals surface area contributed by atoms with Crippen LogP contribution in [0.3, 0.4) is 0 Å². The van der Waals surface area contributed by atoms with Crippen LogP contribution in [-0.2, 0) is 4.79 Å². The van der Waals surface area contributed by atoms with Gasteiger partial charge in [-0.1, -0.05) is 11.8 Å². The second-order valence-corrected chi connectivity index (χ2v) is 3.87. The van der Waals surface area contributed by atoms with Crippen LogP contribution in [0.15, 0.2) is 48.6 Å². The van der Waals surface area contributed by atoms with Gasteiger partial charge in [0.1, 0.15) is 5.75 Å². The van der Waals surface area contributed by atoms with E-state index in [1.165, 1.54) is 24.3 Å². The van der Waals surface area contributed by atoms with E-state index in [4.69, 9.17) is 4.74 Å². The standard InChI is InChI=1S/C15H12O3/c1-18-14-4-2-12(3-5-14)6-9-15(17)10-7-13(16)8-11-15/h2-5,7-8,10-11,17H,1H3. The molecular formula is C15H12O3. The molecule has 1 aliphatic carbocycles. The number of methoxy groups -OCH3 is 1. The topological polar surface area (TPSA) is 46.5 Å². The molecule has 3 nitrogen and oxygen atoms in total. The Balaban J connectivity index is 2.18. The van der Waals surface area contributed by atoms with Gasteiger partial charge in [-0.25, -0.2) is 0 Å². The molecule has 1 N–H and O–H groups in total. The largest absolute Gasteiger partial charge is 0.497 e. The van der Waals surface area contributed by atoms with E-state index in [0.29, 0.717) is 0 Å². The summed E-state index contributed by atoms with van der Waals surface area (Å²) < 4.78 is 5.04. The fourth-order valence-electron chi connectivity index (χ4n) is 1.46. The fourth-order valence-corrected chi connectivity index (χ4v) is 1.46. The minimum absolute atomic E-state index is 0.147. The Morgan fingerprint density at radius 2 is 1.78 bits per heavy atom. The first kappa shape index (κ1) is 12.2. The number of carbonyl (C=O) groups excluding carboxylic acids is 1. The number of aliphatic hydroxyl groups is 1. The number of benzene rings is 1. The molecule has 0 atom stereocenters. The Bertz CT molecular complexity index is 552. The Morgan fingerprint density at radius 1 is 1.17 bits per heavy atom. The molecule has 18 heavy (non-hydrogen) atoms. The summed E-state index contributed by atoms with van der Waals surface area (Å²) in [5.74, 6) is 6.17. The van der Waals surface area contributed by atoms with E-state index < -0.39 is 5.60 Å². The quantitative estimate of drug-likeness (QED) is 0.756. The van der Waals surface area contributed by atoms with Crippen molar-refractivity contribution in [1.82, 2.24) is 0 Å². The third-order valence-corrected chi connectivity index (χ3v) is 2.50. The predicted molar refractivity (Wildman–Crippen MR) is 68.1 cm³/mol. The van der Waals surface area contributed by atoms with Crippen LogP contribution in [0.5, 0.6) is 5.75 Å². The Kier molecular flexibility index (Phi) is 3.31. The highest BCUT2D eigenvalue weighted by Gasteiger charge is 2.19. The van der Waals surface area contributed by atoms with E-state index in [2.05, 4.69) is 11.8 Å². The number of hydrogen-bond donors (Lipinski definition) is 1. The van der Waals surface area contributed by atoms with Crippen LogP contribution in [0.4, 0.5) is 0 Å². The second-order valence-electron chi connectivity index (χ2n) is 3.87. The minimum Gasteiger partial charge on any atom is -0.497 e. The van der Waals surface area contributed by atoms with Gasteiger partial charge >= 0.3 is 0 Å². The molecule has 0 radical (unpaired) electrons. The van der Waals surface area contributed by atoms with Gasteiger partial charge in [-0.05, 0) is 48.6 Å². The Labute approximate surface area is 105 Å². The number of rotatable bonds is 1. The maximum atomic E-state index is 10.9. The van der Waals surface area contributed by atoms with E-state index >= 15 is 0 Å². The molecule has 0 unspecified atom stereocenters. The molecule has 1 aromatic carbocycles. The monoisotopic (exact) mass is 240 g/mol. The van der Waals surface area contributed by atoms with Gasteiger partial charge in [-0.3, -0.25) is 4.79 Å². The summed E-state index contributed by atoms with van der Waals surface area (Å²) in [5.41, 5.74) is -0.601. The van der Waals surface area contributed by atoms with Gasteiger partial charge in [-0.15, -0.1) is 0 Å². The molecule has 90 valence electrons. The maximum Gasteiger partial charge on any atom is 0.178 e. The highest BCUT2D eigenvalue weighted by atomic mass is 16.5. The molecule has 0 aromatic heterocycles. The van der Waals surface area contributed by atoms with Crippen LogP contribution < -0.4 is 4.74 Å². The fraction of sp³-hybridized carbons (Fsp3) is 0.133. The summed E-state index contributed by atoms with van der Waals surface area (Å²) in [4.78, 5) is 10.9. The predicted octanol–water partition coefficient (Wildman–Crippen LogP) is 1.47. The molecule has 0 amide bonds. The molecule has 1 aliphatic rings. The van der Waals surface area contributed by atoms with Crippen LogP contribution in [0.2, 0.25) is 0 Å². The summed E-state index contributed by atoms with van der Waals surface area (Å²) in [6.07, 6.45) is 5.38. The maximum absolute atomic E-state index is 10.9. The second kappa shape index (κ2) is 4.91. The smallest absolute Gasteiger partial charge is 0.178 e. The van der Waals surface area contributed by atoms with Gasteiger partial charge in [0.25, 0.3) is 0 Å². The van der Waals surface area contributed by atoms with Crippen LogP contribution in [0.1, 0.15) is 5.56 Å². The molecule has 0 bridgehead atoms. The van der Waals surface area contributed by atoms with Crippen molar-refractivity contribution < 1.29 is 14.6 Å². The van der Waals surface area contributed by atoms with Gasteiger partial charge in [-0.2, -0.15) is 0 Å². The number of allylic oxidation sites excluding steroid dienone is 2. The molecule has 3 heteroatoms. The minimum atomic E-state index is -1.37. The molecule has 0 fully saturated rings. The summed E-state index contributed by atoms with van der Waals surface area (Å²) in [7, 11) is 1.60. The molecule has 1 aromatic rings. The SMILES string of the molecule is COc1ccc(C#CC2(O)C=CC(=O)C=C2)cc1. The van der Waals surface area contributed by atoms with Gasteiger partial charge in [0.05, 0.1) is 7.11 Å². The van der Waals surface area contributed by atoms with Crippen LogP contribution in [-0.4, -0.2) is 23.6 Å². The van der Waals surface area contributed by atoms with Gasteiger partial charge in [0.15, 0.2) is 11.4 Å². The van der Waals surface area contributed by atoms with Crippen molar-refractivity contribution >= 4 is 5.78 Å². The zero-order chi connectivity index (χ0) is 13.0. The lowest BCUT2D eigenvalue weighted by molar-refractivity contribution is -0.110. The average Bonchev–Trinajstić information content (AvgIpc) is 2.41.